The van der Waals surface area contributed by atoms with Crippen LogP contribution in [0.4, 0.5) is 4.39 Å². The number of likely N-dealkylation sites (tertiary alicyclic amines) is 1. The lowest BCUT2D eigenvalue weighted by atomic mass is 10.0. The van der Waals surface area contributed by atoms with Crippen molar-refractivity contribution in [2.75, 3.05) is 6.54 Å². The van der Waals surface area contributed by atoms with Crippen molar-refractivity contribution in [1.82, 2.24) is 20.0 Å². The van der Waals surface area contributed by atoms with E-state index in [4.69, 9.17) is 4.52 Å². The van der Waals surface area contributed by atoms with Crippen LogP contribution in [0.2, 0.25) is 0 Å². The van der Waals surface area contributed by atoms with Crippen LogP contribution in [0.5, 0.6) is 0 Å². The first-order valence-electron chi connectivity index (χ1n) is 9.12. The Kier molecular flexibility index (Phi) is 3.55. The van der Waals surface area contributed by atoms with Crippen LogP contribution in [0.1, 0.15) is 66.1 Å². The number of benzene rings is 1. The summed E-state index contributed by atoms with van der Waals surface area (Å²) in [6.45, 7) is 0.653. The molecule has 1 atom stereocenters. The lowest BCUT2D eigenvalue weighted by Crippen LogP contribution is -2.39. The number of fused-ring (bicyclic) bond motifs is 1. The summed E-state index contributed by atoms with van der Waals surface area (Å²) >= 11 is 0. The van der Waals surface area contributed by atoms with Gasteiger partial charge in [-0.05, 0) is 50.3 Å². The van der Waals surface area contributed by atoms with Gasteiger partial charge in [0.1, 0.15) is 17.4 Å². The number of nitrogens with zero attached hydrogens (tertiary/aromatic N) is 3. The summed E-state index contributed by atoms with van der Waals surface area (Å²) in [5.41, 5.74) is 1.72. The molecule has 2 aliphatic rings. The fourth-order valence-corrected chi connectivity index (χ4v) is 3.72. The number of aromatic nitrogens is 3. The van der Waals surface area contributed by atoms with Crippen molar-refractivity contribution < 1.29 is 13.7 Å². The maximum Gasteiger partial charge on any atom is 0.276 e. The van der Waals surface area contributed by atoms with Gasteiger partial charge in [0.15, 0.2) is 5.69 Å². The molecule has 1 saturated heterocycles. The van der Waals surface area contributed by atoms with Crippen LogP contribution in [0.3, 0.4) is 0 Å². The predicted octanol–water partition coefficient (Wildman–Crippen LogP) is 3.93. The standard InChI is InChI=1S/C19H19FN4O2/c20-12-6-7-13-14(9-12)22-18(21-13)16-3-1-2-8-24(16)19(25)15-10-17(26-23-15)11-4-5-11/h6-7,9-11,16H,1-5,8H2,(H,21,22)/t16-/m1/s1. The average molecular weight is 354 g/mol. The maximum absolute atomic E-state index is 13.5. The third kappa shape index (κ3) is 2.67. The highest BCUT2D eigenvalue weighted by Gasteiger charge is 2.34. The van der Waals surface area contributed by atoms with E-state index in [-0.39, 0.29) is 17.8 Å². The SMILES string of the molecule is O=C(c1cc(C2CC2)on1)N1CCCC[C@@H]1c1nc2ccc(F)cc2[nH]1. The number of carbonyl (C=O) groups is 1. The Morgan fingerprint density at radius 3 is 2.96 bits per heavy atom. The molecule has 1 aliphatic carbocycles. The molecule has 1 amide bonds. The maximum atomic E-state index is 13.5. The quantitative estimate of drug-likeness (QED) is 0.773. The molecule has 134 valence electrons. The fraction of sp³-hybridized carbons (Fsp3) is 0.421. The van der Waals surface area contributed by atoms with E-state index in [0.717, 1.165) is 37.9 Å². The van der Waals surface area contributed by atoms with Crippen molar-refractivity contribution in [2.45, 2.75) is 44.1 Å². The van der Waals surface area contributed by atoms with Crippen molar-refractivity contribution >= 4 is 16.9 Å². The third-order valence-electron chi connectivity index (χ3n) is 5.27. The molecule has 1 N–H and O–H groups in total. The van der Waals surface area contributed by atoms with Gasteiger partial charge in [0, 0.05) is 18.5 Å². The lowest BCUT2D eigenvalue weighted by molar-refractivity contribution is 0.0590. The van der Waals surface area contributed by atoms with Crippen LogP contribution in [0.15, 0.2) is 28.8 Å². The molecule has 2 fully saturated rings. The zero-order valence-corrected chi connectivity index (χ0v) is 14.2. The van der Waals surface area contributed by atoms with Crippen LogP contribution in [0.25, 0.3) is 11.0 Å². The van der Waals surface area contributed by atoms with Gasteiger partial charge in [-0.1, -0.05) is 5.16 Å². The number of hydrogen-bond acceptors (Lipinski definition) is 4. The van der Waals surface area contributed by atoms with E-state index in [9.17, 15) is 9.18 Å². The lowest BCUT2D eigenvalue weighted by Gasteiger charge is -2.33. The first kappa shape index (κ1) is 15.5. The molecule has 1 aliphatic heterocycles. The Morgan fingerprint density at radius 1 is 1.23 bits per heavy atom. The number of rotatable bonds is 3. The van der Waals surface area contributed by atoms with Crippen LogP contribution in [-0.2, 0) is 0 Å². The number of imidazole rings is 1. The van der Waals surface area contributed by atoms with Crippen molar-refractivity contribution in [3.05, 3.63) is 47.4 Å². The van der Waals surface area contributed by atoms with E-state index in [1.165, 1.54) is 12.1 Å². The van der Waals surface area contributed by atoms with Crippen LogP contribution < -0.4 is 0 Å². The van der Waals surface area contributed by atoms with Crippen molar-refractivity contribution in [3.63, 3.8) is 0 Å². The molecule has 0 unspecified atom stereocenters. The van der Waals surface area contributed by atoms with Gasteiger partial charge in [0.05, 0.1) is 17.1 Å². The highest BCUT2D eigenvalue weighted by Crippen LogP contribution is 2.40. The summed E-state index contributed by atoms with van der Waals surface area (Å²) in [7, 11) is 0. The number of hydrogen-bond donors (Lipinski definition) is 1. The number of aromatic amines is 1. The second-order valence-electron chi connectivity index (χ2n) is 7.18. The van der Waals surface area contributed by atoms with Gasteiger partial charge in [-0.25, -0.2) is 9.37 Å². The van der Waals surface area contributed by atoms with Crippen molar-refractivity contribution in [2.24, 2.45) is 0 Å². The number of amides is 1. The van der Waals surface area contributed by atoms with Crippen LogP contribution in [-0.4, -0.2) is 32.5 Å². The molecular formula is C19H19FN4O2. The van der Waals surface area contributed by atoms with Gasteiger partial charge >= 0.3 is 0 Å². The number of nitrogens with one attached hydrogen (secondary N) is 1. The minimum Gasteiger partial charge on any atom is -0.360 e. The zero-order chi connectivity index (χ0) is 17.7. The molecule has 5 rings (SSSR count). The largest absolute Gasteiger partial charge is 0.360 e. The molecule has 6 nitrogen and oxygen atoms in total. The molecule has 2 aromatic heterocycles. The highest BCUT2D eigenvalue weighted by atomic mass is 19.1. The Morgan fingerprint density at radius 2 is 2.12 bits per heavy atom. The van der Waals surface area contributed by atoms with E-state index in [0.29, 0.717) is 35.0 Å². The molecule has 7 heteroatoms. The molecule has 0 radical (unpaired) electrons. The predicted molar refractivity (Wildman–Crippen MR) is 92.2 cm³/mol. The molecule has 26 heavy (non-hydrogen) atoms. The van der Waals surface area contributed by atoms with E-state index in [1.807, 2.05) is 4.90 Å². The van der Waals surface area contributed by atoms with Crippen LogP contribution in [0, 0.1) is 5.82 Å². The normalized spacial score (nSPS) is 20.7. The number of carbonyl (C=O) groups excluding carboxylic acids is 1. The fourth-order valence-electron chi connectivity index (χ4n) is 3.72. The zero-order valence-electron chi connectivity index (χ0n) is 14.2. The second-order valence-corrected chi connectivity index (χ2v) is 7.18. The topological polar surface area (TPSA) is 75.0 Å². The first-order chi connectivity index (χ1) is 12.7. The third-order valence-corrected chi connectivity index (χ3v) is 5.27. The average Bonchev–Trinajstić information content (AvgIpc) is 3.24. The molecular weight excluding hydrogens is 335 g/mol. The molecule has 3 aromatic rings. The smallest absolute Gasteiger partial charge is 0.276 e. The highest BCUT2D eigenvalue weighted by molar-refractivity contribution is 5.92. The molecule has 1 saturated carbocycles. The van der Waals surface area contributed by atoms with Crippen LogP contribution >= 0.6 is 0 Å². The Hall–Kier alpha value is -2.70. The molecule has 1 aromatic carbocycles. The van der Waals surface area contributed by atoms with Crippen molar-refractivity contribution in [1.29, 1.82) is 0 Å². The van der Waals surface area contributed by atoms with Gasteiger partial charge in [0.25, 0.3) is 5.91 Å². The van der Waals surface area contributed by atoms with Gasteiger partial charge in [0.2, 0.25) is 0 Å². The minimum absolute atomic E-state index is 0.128. The Labute approximate surface area is 149 Å². The summed E-state index contributed by atoms with van der Waals surface area (Å²) in [5, 5.41) is 3.99. The van der Waals surface area contributed by atoms with Gasteiger partial charge < -0.3 is 14.4 Å². The number of H-pyrrole nitrogens is 1. The second kappa shape index (κ2) is 5.93. The number of halogens is 1. The molecule has 0 spiro atoms. The van der Waals surface area contributed by atoms with E-state index < -0.39 is 0 Å². The summed E-state index contributed by atoms with van der Waals surface area (Å²) in [5.74, 6) is 1.49. The molecule has 3 heterocycles. The van der Waals surface area contributed by atoms with E-state index in [1.54, 1.807) is 12.1 Å². The minimum atomic E-state index is -0.306. The van der Waals surface area contributed by atoms with Gasteiger partial charge in [-0.15, -0.1) is 0 Å². The Bertz CT molecular complexity index is 975. The monoisotopic (exact) mass is 354 g/mol. The summed E-state index contributed by atoms with van der Waals surface area (Å²) < 4.78 is 18.8. The van der Waals surface area contributed by atoms with Gasteiger partial charge in [-0.3, -0.25) is 4.79 Å². The number of piperidine rings is 1. The van der Waals surface area contributed by atoms with E-state index >= 15 is 0 Å². The van der Waals surface area contributed by atoms with E-state index in [2.05, 4.69) is 15.1 Å². The van der Waals surface area contributed by atoms with Gasteiger partial charge in [-0.2, -0.15) is 0 Å². The van der Waals surface area contributed by atoms with Crippen molar-refractivity contribution in [3.8, 4) is 0 Å². The summed E-state index contributed by atoms with van der Waals surface area (Å²) in [4.78, 5) is 22.6. The Balaban J connectivity index is 1.46. The molecule has 0 bridgehead atoms. The summed E-state index contributed by atoms with van der Waals surface area (Å²) in [6, 6.07) is 6.10. The summed E-state index contributed by atoms with van der Waals surface area (Å²) in [6.07, 6.45) is 4.99. The first-order valence-corrected chi connectivity index (χ1v) is 9.12.